The first-order valence-corrected chi connectivity index (χ1v) is 7.09. The molecule has 1 aliphatic rings. The number of piperidine rings is 1. The number of methoxy groups -OCH3 is 1. The highest BCUT2D eigenvalue weighted by Crippen LogP contribution is 2.34. The molecule has 0 aliphatic carbocycles. The number of benzene rings is 1. The fraction of sp³-hybridized carbons (Fsp3) is 0.600. The van der Waals surface area contributed by atoms with Gasteiger partial charge in [0.25, 0.3) is 0 Å². The van der Waals surface area contributed by atoms with E-state index >= 15 is 0 Å². The second-order valence-electron chi connectivity index (χ2n) is 5.40. The standard InChI is InChI=1S/C15H21F3N2O/c1-21-9-8-20-7-3-6-13(19)14(20)11-4-2-5-12(10-11)15(16,17)18/h2,4-5,10,13-14H,3,6-9,19H2,1H3. The van der Waals surface area contributed by atoms with Crippen molar-refractivity contribution in [1.29, 1.82) is 0 Å². The van der Waals surface area contributed by atoms with Crippen molar-refractivity contribution >= 4 is 0 Å². The molecule has 21 heavy (non-hydrogen) atoms. The van der Waals surface area contributed by atoms with Crippen LogP contribution in [0, 0.1) is 0 Å². The molecule has 0 aromatic heterocycles. The van der Waals surface area contributed by atoms with E-state index in [1.165, 1.54) is 12.1 Å². The molecule has 2 N–H and O–H groups in total. The van der Waals surface area contributed by atoms with Gasteiger partial charge in [0.1, 0.15) is 0 Å². The minimum Gasteiger partial charge on any atom is -0.383 e. The van der Waals surface area contributed by atoms with Gasteiger partial charge in [0.05, 0.1) is 12.2 Å². The fourth-order valence-corrected chi connectivity index (χ4v) is 2.91. The summed E-state index contributed by atoms with van der Waals surface area (Å²) in [6.45, 7) is 2.05. The third kappa shape index (κ3) is 3.96. The Morgan fingerprint density at radius 3 is 2.81 bits per heavy atom. The van der Waals surface area contributed by atoms with E-state index in [-0.39, 0.29) is 12.1 Å². The van der Waals surface area contributed by atoms with Crippen LogP contribution in [-0.2, 0) is 10.9 Å². The first kappa shape index (κ1) is 16.3. The van der Waals surface area contributed by atoms with Crippen LogP contribution in [0.1, 0.15) is 30.0 Å². The molecule has 1 saturated heterocycles. The Morgan fingerprint density at radius 2 is 2.14 bits per heavy atom. The maximum absolute atomic E-state index is 12.9. The molecule has 2 atom stereocenters. The Morgan fingerprint density at radius 1 is 1.38 bits per heavy atom. The molecule has 118 valence electrons. The molecule has 1 aromatic carbocycles. The average Bonchev–Trinajstić information content (AvgIpc) is 2.44. The molecule has 0 amide bonds. The molecule has 0 saturated carbocycles. The van der Waals surface area contributed by atoms with Crippen molar-refractivity contribution in [2.45, 2.75) is 31.1 Å². The molecular weight excluding hydrogens is 281 g/mol. The van der Waals surface area contributed by atoms with Crippen LogP contribution in [0.4, 0.5) is 13.2 Å². The highest BCUT2D eigenvalue weighted by Gasteiger charge is 2.34. The van der Waals surface area contributed by atoms with E-state index < -0.39 is 11.7 Å². The van der Waals surface area contributed by atoms with Crippen molar-refractivity contribution in [2.24, 2.45) is 5.73 Å². The summed E-state index contributed by atoms with van der Waals surface area (Å²) in [5.41, 5.74) is 6.18. The molecule has 0 radical (unpaired) electrons. The maximum atomic E-state index is 12.9. The summed E-state index contributed by atoms with van der Waals surface area (Å²) in [5, 5.41) is 0. The largest absolute Gasteiger partial charge is 0.416 e. The van der Waals surface area contributed by atoms with Crippen LogP contribution in [0.15, 0.2) is 24.3 Å². The molecule has 3 nitrogen and oxygen atoms in total. The molecule has 1 fully saturated rings. The van der Waals surface area contributed by atoms with E-state index in [9.17, 15) is 13.2 Å². The van der Waals surface area contributed by atoms with Crippen LogP contribution in [0.5, 0.6) is 0 Å². The molecule has 1 heterocycles. The molecule has 0 bridgehead atoms. The first-order valence-electron chi connectivity index (χ1n) is 7.09. The Labute approximate surface area is 122 Å². The van der Waals surface area contributed by atoms with Crippen molar-refractivity contribution in [3.63, 3.8) is 0 Å². The van der Waals surface area contributed by atoms with Crippen LogP contribution in [0.2, 0.25) is 0 Å². The van der Waals surface area contributed by atoms with E-state index in [4.69, 9.17) is 10.5 Å². The van der Waals surface area contributed by atoms with Gasteiger partial charge in [0.2, 0.25) is 0 Å². The van der Waals surface area contributed by atoms with Gasteiger partial charge >= 0.3 is 6.18 Å². The monoisotopic (exact) mass is 302 g/mol. The number of nitrogens with two attached hydrogens (primary N) is 1. The number of rotatable bonds is 4. The van der Waals surface area contributed by atoms with Gasteiger partial charge in [0.15, 0.2) is 0 Å². The van der Waals surface area contributed by atoms with Gasteiger partial charge in [-0.25, -0.2) is 0 Å². The first-order chi connectivity index (χ1) is 9.93. The molecule has 1 aromatic rings. The average molecular weight is 302 g/mol. The lowest BCUT2D eigenvalue weighted by molar-refractivity contribution is -0.137. The number of ether oxygens (including phenoxy) is 1. The molecule has 1 aliphatic heterocycles. The number of alkyl halides is 3. The Bertz CT molecular complexity index is 464. The van der Waals surface area contributed by atoms with Gasteiger partial charge in [-0.2, -0.15) is 13.2 Å². The zero-order valence-electron chi connectivity index (χ0n) is 12.1. The Kier molecular flexibility index (Phi) is 5.24. The van der Waals surface area contributed by atoms with Crippen molar-refractivity contribution in [3.05, 3.63) is 35.4 Å². The Balaban J connectivity index is 2.27. The Hall–Kier alpha value is -1.11. The lowest BCUT2D eigenvalue weighted by Gasteiger charge is -2.40. The van der Waals surface area contributed by atoms with Crippen LogP contribution in [-0.4, -0.2) is 37.7 Å². The lowest BCUT2D eigenvalue weighted by atomic mass is 9.90. The summed E-state index contributed by atoms with van der Waals surface area (Å²) in [6, 6.07) is 5.15. The quantitative estimate of drug-likeness (QED) is 0.929. The summed E-state index contributed by atoms with van der Waals surface area (Å²) < 4.78 is 43.7. The van der Waals surface area contributed by atoms with E-state index in [1.54, 1.807) is 13.2 Å². The van der Waals surface area contributed by atoms with Crippen molar-refractivity contribution in [3.8, 4) is 0 Å². The van der Waals surface area contributed by atoms with Crippen LogP contribution in [0.25, 0.3) is 0 Å². The van der Waals surface area contributed by atoms with Crippen LogP contribution in [0.3, 0.4) is 0 Å². The van der Waals surface area contributed by atoms with Crippen molar-refractivity contribution < 1.29 is 17.9 Å². The minimum atomic E-state index is -4.33. The number of halogens is 3. The number of hydrogen-bond donors (Lipinski definition) is 1. The SMILES string of the molecule is COCCN1CCCC(N)C1c1cccc(C(F)(F)F)c1. The van der Waals surface area contributed by atoms with Gasteiger partial charge in [0, 0.05) is 25.7 Å². The zero-order valence-corrected chi connectivity index (χ0v) is 12.1. The third-order valence-electron chi connectivity index (χ3n) is 3.92. The third-order valence-corrected chi connectivity index (χ3v) is 3.92. The second kappa shape index (κ2) is 6.77. The molecule has 2 rings (SSSR count). The lowest BCUT2D eigenvalue weighted by Crippen LogP contribution is -2.47. The predicted molar refractivity (Wildman–Crippen MR) is 74.8 cm³/mol. The van der Waals surface area contributed by atoms with Crippen LogP contribution >= 0.6 is 0 Å². The summed E-state index contributed by atoms with van der Waals surface area (Å²) >= 11 is 0. The summed E-state index contributed by atoms with van der Waals surface area (Å²) in [5.74, 6) is 0. The number of hydrogen-bond acceptors (Lipinski definition) is 3. The highest BCUT2D eigenvalue weighted by molar-refractivity contribution is 5.29. The van der Waals surface area contributed by atoms with Gasteiger partial charge < -0.3 is 10.5 Å². The molecule has 6 heteroatoms. The predicted octanol–water partition coefficient (Wildman–Crippen LogP) is 2.82. The van der Waals surface area contributed by atoms with Gasteiger partial charge in [-0.1, -0.05) is 12.1 Å². The molecule has 2 unspecified atom stereocenters. The zero-order chi connectivity index (χ0) is 15.5. The number of nitrogens with zero attached hydrogens (tertiary/aromatic N) is 1. The molecular formula is C15H21F3N2O. The van der Waals surface area contributed by atoms with E-state index in [2.05, 4.69) is 4.90 Å². The normalized spacial score (nSPS) is 24.2. The van der Waals surface area contributed by atoms with E-state index in [0.717, 1.165) is 25.5 Å². The summed E-state index contributed by atoms with van der Waals surface area (Å²) in [7, 11) is 1.61. The van der Waals surface area contributed by atoms with Gasteiger partial charge in [-0.3, -0.25) is 4.90 Å². The highest BCUT2D eigenvalue weighted by atomic mass is 19.4. The van der Waals surface area contributed by atoms with Crippen molar-refractivity contribution in [2.75, 3.05) is 26.8 Å². The van der Waals surface area contributed by atoms with E-state index in [1.807, 2.05) is 0 Å². The maximum Gasteiger partial charge on any atom is 0.416 e. The molecule has 0 spiro atoms. The van der Waals surface area contributed by atoms with Gasteiger partial charge in [-0.05, 0) is 37.1 Å². The smallest absolute Gasteiger partial charge is 0.383 e. The topological polar surface area (TPSA) is 38.5 Å². The van der Waals surface area contributed by atoms with E-state index in [0.29, 0.717) is 18.7 Å². The van der Waals surface area contributed by atoms with Crippen molar-refractivity contribution in [1.82, 2.24) is 4.90 Å². The fourth-order valence-electron chi connectivity index (χ4n) is 2.91. The summed E-state index contributed by atoms with van der Waals surface area (Å²) in [6.07, 6.45) is -2.54. The summed E-state index contributed by atoms with van der Waals surface area (Å²) in [4.78, 5) is 2.12. The van der Waals surface area contributed by atoms with Crippen LogP contribution < -0.4 is 5.73 Å². The second-order valence-corrected chi connectivity index (χ2v) is 5.40. The minimum absolute atomic E-state index is 0.154. The number of likely N-dealkylation sites (tertiary alicyclic amines) is 1. The van der Waals surface area contributed by atoms with Gasteiger partial charge in [-0.15, -0.1) is 0 Å².